The third-order valence-electron chi connectivity index (χ3n) is 5.74. The molecule has 30 heavy (non-hydrogen) atoms. The van der Waals surface area contributed by atoms with Gasteiger partial charge in [-0.05, 0) is 62.1 Å². The van der Waals surface area contributed by atoms with Crippen LogP contribution in [0.2, 0.25) is 0 Å². The van der Waals surface area contributed by atoms with Crippen LogP contribution in [0, 0.1) is 0 Å². The van der Waals surface area contributed by atoms with E-state index in [0.29, 0.717) is 23.2 Å². The molecular weight excluding hydrogens is 424 g/mol. The predicted molar refractivity (Wildman–Crippen MR) is 114 cm³/mol. The number of anilines is 1. The van der Waals surface area contributed by atoms with Gasteiger partial charge in [-0.25, -0.2) is 21.6 Å². The second-order valence-electron chi connectivity index (χ2n) is 7.80. The molecule has 1 aliphatic heterocycles. The van der Waals surface area contributed by atoms with Crippen LogP contribution in [0.3, 0.4) is 0 Å². The summed E-state index contributed by atoms with van der Waals surface area (Å²) in [5.74, 6) is -0.134. The summed E-state index contributed by atoms with van der Waals surface area (Å²) in [6, 6.07) is 10.4. The van der Waals surface area contributed by atoms with Gasteiger partial charge >= 0.3 is 0 Å². The summed E-state index contributed by atoms with van der Waals surface area (Å²) in [5, 5.41) is 0. The Morgan fingerprint density at radius 2 is 1.60 bits per heavy atom. The van der Waals surface area contributed by atoms with Gasteiger partial charge in [0.25, 0.3) is 10.0 Å². The Morgan fingerprint density at radius 3 is 2.23 bits per heavy atom. The fourth-order valence-electron chi connectivity index (χ4n) is 4.08. The lowest BCUT2D eigenvalue weighted by atomic mass is 10.2. The Labute approximate surface area is 177 Å². The van der Waals surface area contributed by atoms with Crippen LogP contribution in [0.5, 0.6) is 0 Å². The minimum absolute atomic E-state index is 0.0295. The predicted octanol–water partition coefficient (Wildman–Crippen LogP) is 2.86. The third-order valence-corrected chi connectivity index (χ3v) is 9.09. The highest BCUT2D eigenvalue weighted by Gasteiger charge is 2.32. The standard InChI is InChI=1S/C21H24N2O5S2/c1-15(24)16-6-8-19(9-7-16)30(27,28)23-13-12-17-14-20(10-11-21(17)23)29(25,26)22-18-4-2-3-5-18/h6-11,14,18,22H,2-5,12-13H2,1H3. The minimum atomic E-state index is -3.80. The molecule has 0 amide bonds. The molecule has 1 heterocycles. The molecule has 160 valence electrons. The molecule has 0 unspecified atom stereocenters. The summed E-state index contributed by atoms with van der Waals surface area (Å²) in [5.41, 5.74) is 1.62. The van der Waals surface area contributed by atoms with Crippen molar-refractivity contribution in [2.75, 3.05) is 10.8 Å². The molecule has 2 aromatic carbocycles. The maximum Gasteiger partial charge on any atom is 0.264 e. The van der Waals surface area contributed by atoms with E-state index in [0.717, 1.165) is 25.7 Å². The molecule has 1 fully saturated rings. The summed E-state index contributed by atoms with van der Waals surface area (Å²) in [7, 11) is -7.44. The van der Waals surface area contributed by atoms with Crippen molar-refractivity contribution in [1.82, 2.24) is 4.72 Å². The van der Waals surface area contributed by atoms with Crippen LogP contribution in [-0.4, -0.2) is 35.2 Å². The van der Waals surface area contributed by atoms with E-state index in [1.807, 2.05) is 0 Å². The number of benzene rings is 2. The van der Waals surface area contributed by atoms with Gasteiger partial charge in [-0.1, -0.05) is 25.0 Å². The summed E-state index contributed by atoms with van der Waals surface area (Å²) < 4.78 is 55.7. The lowest BCUT2D eigenvalue weighted by Gasteiger charge is -2.20. The largest absolute Gasteiger partial charge is 0.295 e. The van der Waals surface area contributed by atoms with Crippen molar-refractivity contribution in [1.29, 1.82) is 0 Å². The lowest BCUT2D eigenvalue weighted by molar-refractivity contribution is 0.101. The normalized spacial score (nSPS) is 17.3. The molecule has 2 aliphatic rings. The molecule has 0 spiro atoms. The molecule has 0 radical (unpaired) electrons. The van der Waals surface area contributed by atoms with E-state index in [1.165, 1.54) is 41.6 Å². The second kappa shape index (κ2) is 7.79. The number of fused-ring (bicyclic) bond motifs is 1. The van der Waals surface area contributed by atoms with Crippen molar-refractivity contribution >= 4 is 31.5 Å². The molecule has 7 nitrogen and oxygen atoms in total. The van der Waals surface area contributed by atoms with Crippen molar-refractivity contribution in [2.24, 2.45) is 0 Å². The summed E-state index contributed by atoms with van der Waals surface area (Å²) in [6.07, 6.45) is 4.18. The monoisotopic (exact) mass is 448 g/mol. The Kier molecular flexibility index (Phi) is 5.46. The smallest absolute Gasteiger partial charge is 0.264 e. The van der Waals surface area contributed by atoms with E-state index in [9.17, 15) is 21.6 Å². The van der Waals surface area contributed by atoms with Gasteiger partial charge in [-0.2, -0.15) is 0 Å². The van der Waals surface area contributed by atoms with E-state index in [1.54, 1.807) is 12.1 Å². The zero-order valence-electron chi connectivity index (χ0n) is 16.7. The average molecular weight is 449 g/mol. The SMILES string of the molecule is CC(=O)c1ccc(S(=O)(=O)N2CCc3cc(S(=O)(=O)NC4CCCC4)ccc32)cc1. The van der Waals surface area contributed by atoms with E-state index >= 15 is 0 Å². The minimum Gasteiger partial charge on any atom is -0.295 e. The maximum atomic E-state index is 13.1. The Morgan fingerprint density at radius 1 is 0.967 bits per heavy atom. The zero-order valence-corrected chi connectivity index (χ0v) is 18.3. The van der Waals surface area contributed by atoms with Crippen molar-refractivity contribution in [2.45, 2.75) is 54.9 Å². The van der Waals surface area contributed by atoms with Crippen LogP contribution in [0.15, 0.2) is 52.3 Å². The zero-order chi connectivity index (χ0) is 21.5. The quantitative estimate of drug-likeness (QED) is 0.685. The molecule has 9 heteroatoms. The van der Waals surface area contributed by atoms with Gasteiger partial charge in [0.05, 0.1) is 15.5 Å². The molecule has 0 aromatic heterocycles. The number of nitrogens with one attached hydrogen (secondary N) is 1. The summed E-state index contributed by atoms with van der Waals surface area (Å²) in [4.78, 5) is 11.7. The molecule has 0 saturated heterocycles. The van der Waals surface area contributed by atoms with Crippen LogP contribution in [0.4, 0.5) is 5.69 Å². The number of hydrogen-bond acceptors (Lipinski definition) is 5. The first-order valence-corrected chi connectivity index (χ1v) is 12.9. The van der Waals surface area contributed by atoms with Crippen molar-refractivity contribution in [3.63, 3.8) is 0 Å². The highest BCUT2D eigenvalue weighted by molar-refractivity contribution is 7.92. The molecule has 0 atom stereocenters. The number of hydrogen-bond donors (Lipinski definition) is 1. The van der Waals surface area contributed by atoms with Crippen molar-refractivity contribution in [3.8, 4) is 0 Å². The van der Waals surface area contributed by atoms with Gasteiger partial charge in [-0.3, -0.25) is 9.10 Å². The van der Waals surface area contributed by atoms with Gasteiger partial charge in [-0.15, -0.1) is 0 Å². The van der Waals surface area contributed by atoms with Crippen molar-refractivity contribution in [3.05, 3.63) is 53.6 Å². The van der Waals surface area contributed by atoms with E-state index < -0.39 is 20.0 Å². The van der Waals surface area contributed by atoms with Gasteiger partial charge in [0.2, 0.25) is 10.0 Å². The number of sulfonamides is 2. The van der Waals surface area contributed by atoms with Gasteiger partial charge < -0.3 is 0 Å². The first-order chi connectivity index (χ1) is 14.2. The highest BCUT2D eigenvalue weighted by Crippen LogP contribution is 2.34. The number of ketones is 1. The van der Waals surface area contributed by atoms with E-state index in [-0.39, 0.29) is 28.2 Å². The van der Waals surface area contributed by atoms with Crippen LogP contribution >= 0.6 is 0 Å². The number of carbonyl (C=O) groups excluding carboxylic acids is 1. The Hall–Kier alpha value is -2.23. The summed E-state index contributed by atoms with van der Waals surface area (Å²) in [6.45, 7) is 1.67. The number of Topliss-reactive ketones (excluding diaryl/α,β-unsaturated/α-hetero) is 1. The van der Waals surface area contributed by atoms with Crippen molar-refractivity contribution < 1.29 is 21.6 Å². The molecule has 0 bridgehead atoms. The van der Waals surface area contributed by atoms with Gasteiger partial charge in [0, 0.05) is 18.2 Å². The molecule has 1 aliphatic carbocycles. The fraction of sp³-hybridized carbons (Fsp3) is 0.381. The fourth-order valence-corrected chi connectivity index (χ4v) is 6.94. The van der Waals surface area contributed by atoms with Crippen LogP contribution in [-0.2, 0) is 26.5 Å². The first kappa shape index (κ1) is 21.0. The number of nitrogens with zero attached hydrogens (tertiary/aromatic N) is 1. The molecule has 2 aromatic rings. The number of rotatable bonds is 6. The molecule has 1 N–H and O–H groups in total. The topological polar surface area (TPSA) is 101 Å². The maximum absolute atomic E-state index is 13.1. The first-order valence-electron chi connectivity index (χ1n) is 9.97. The van der Waals surface area contributed by atoms with Crippen LogP contribution in [0.25, 0.3) is 0 Å². The average Bonchev–Trinajstić information content (AvgIpc) is 3.37. The van der Waals surface area contributed by atoms with Crippen LogP contribution in [0.1, 0.15) is 48.5 Å². The van der Waals surface area contributed by atoms with Crippen LogP contribution < -0.4 is 9.03 Å². The Balaban J connectivity index is 1.60. The second-order valence-corrected chi connectivity index (χ2v) is 11.4. The lowest BCUT2D eigenvalue weighted by Crippen LogP contribution is -2.32. The highest BCUT2D eigenvalue weighted by atomic mass is 32.2. The van der Waals surface area contributed by atoms with E-state index in [4.69, 9.17) is 0 Å². The number of carbonyl (C=O) groups is 1. The van der Waals surface area contributed by atoms with Gasteiger partial charge in [0.15, 0.2) is 5.78 Å². The molecular formula is C21H24N2O5S2. The third kappa shape index (κ3) is 3.89. The Bertz CT molecular complexity index is 1180. The summed E-state index contributed by atoms with van der Waals surface area (Å²) >= 11 is 0. The molecule has 1 saturated carbocycles. The van der Waals surface area contributed by atoms with E-state index in [2.05, 4.69) is 4.72 Å². The molecule has 4 rings (SSSR count). The van der Waals surface area contributed by atoms with Gasteiger partial charge in [0.1, 0.15) is 0 Å².